The second-order valence-electron chi connectivity index (χ2n) is 4.62. The predicted octanol–water partition coefficient (Wildman–Crippen LogP) is 2.39. The largest absolute Gasteiger partial charge is 0.296 e. The van der Waals surface area contributed by atoms with Gasteiger partial charge in [0.15, 0.2) is 20.0 Å². The third-order valence-corrected chi connectivity index (χ3v) is 4.31. The van der Waals surface area contributed by atoms with Gasteiger partial charge in [-0.1, -0.05) is 11.6 Å². The van der Waals surface area contributed by atoms with E-state index in [0.717, 1.165) is 11.8 Å². The molecule has 0 saturated heterocycles. The molecule has 0 aromatic carbocycles. The van der Waals surface area contributed by atoms with Gasteiger partial charge in [0.1, 0.15) is 6.33 Å². The minimum Gasteiger partial charge on any atom is -0.296 e. The zero-order valence-electron chi connectivity index (χ0n) is 11.5. The van der Waals surface area contributed by atoms with Crippen LogP contribution in [0.1, 0.15) is 0 Å². The molecule has 3 aromatic heterocycles. The van der Waals surface area contributed by atoms with Gasteiger partial charge in [-0.3, -0.25) is 9.55 Å². The van der Waals surface area contributed by atoms with Crippen LogP contribution in [0.4, 0.5) is 0 Å². The van der Waals surface area contributed by atoms with Crippen molar-refractivity contribution < 1.29 is 8.42 Å². The van der Waals surface area contributed by atoms with Crippen LogP contribution in [0.2, 0.25) is 5.15 Å². The summed E-state index contributed by atoms with van der Waals surface area (Å²) in [7, 11) is -3.33. The molecular weight excluding hydrogens is 324 g/mol. The number of halogens is 1. The van der Waals surface area contributed by atoms with Gasteiger partial charge in [0.2, 0.25) is 0 Å². The molecule has 0 saturated carbocycles. The van der Waals surface area contributed by atoms with Crippen molar-refractivity contribution in [2.45, 2.75) is 5.03 Å². The van der Waals surface area contributed by atoms with Gasteiger partial charge < -0.3 is 0 Å². The van der Waals surface area contributed by atoms with E-state index in [1.165, 1.54) is 12.3 Å². The number of hydrogen-bond donors (Lipinski definition) is 0. The first-order chi connectivity index (χ1) is 10.5. The quantitative estimate of drug-likeness (QED) is 0.735. The van der Waals surface area contributed by atoms with Gasteiger partial charge in [-0.25, -0.2) is 18.4 Å². The maximum atomic E-state index is 11.5. The van der Waals surface area contributed by atoms with Crippen LogP contribution in [0.3, 0.4) is 0 Å². The van der Waals surface area contributed by atoms with E-state index in [2.05, 4.69) is 15.0 Å². The van der Waals surface area contributed by atoms with E-state index in [1.807, 2.05) is 6.07 Å². The Kier molecular flexibility index (Phi) is 3.67. The summed E-state index contributed by atoms with van der Waals surface area (Å²) in [4.78, 5) is 12.1. The van der Waals surface area contributed by atoms with E-state index >= 15 is 0 Å². The number of aromatic nitrogens is 4. The molecule has 0 fully saturated rings. The zero-order valence-corrected chi connectivity index (χ0v) is 13.1. The van der Waals surface area contributed by atoms with Gasteiger partial charge in [0, 0.05) is 24.2 Å². The zero-order chi connectivity index (χ0) is 15.7. The van der Waals surface area contributed by atoms with E-state index in [0.29, 0.717) is 16.5 Å². The lowest BCUT2D eigenvalue weighted by molar-refractivity contribution is 0.598. The molecule has 0 spiro atoms. The Balaban J connectivity index is 2.11. The van der Waals surface area contributed by atoms with E-state index in [9.17, 15) is 8.42 Å². The van der Waals surface area contributed by atoms with E-state index in [-0.39, 0.29) is 5.03 Å². The Hall–Kier alpha value is -2.25. The van der Waals surface area contributed by atoms with Crippen molar-refractivity contribution in [1.29, 1.82) is 0 Å². The van der Waals surface area contributed by atoms with Crippen molar-refractivity contribution >= 4 is 21.4 Å². The van der Waals surface area contributed by atoms with Crippen LogP contribution in [0.15, 0.2) is 54.2 Å². The number of nitrogens with zero attached hydrogens (tertiary/aromatic N) is 4. The van der Waals surface area contributed by atoms with Gasteiger partial charge in [-0.15, -0.1) is 0 Å². The fourth-order valence-electron chi connectivity index (χ4n) is 2.02. The molecule has 0 unspecified atom stereocenters. The normalized spacial score (nSPS) is 11.5. The Labute approximate surface area is 132 Å². The Morgan fingerprint density at radius 1 is 1.14 bits per heavy atom. The van der Waals surface area contributed by atoms with E-state index < -0.39 is 9.84 Å². The van der Waals surface area contributed by atoms with Crippen molar-refractivity contribution in [2.24, 2.45) is 0 Å². The first-order valence-corrected chi connectivity index (χ1v) is 8.53. The van der Waals surface area contributed by atoms with Crippen LogP contribution < -0.4 is 0 Å². The van der Waals surface area contributed by atoms with Gasteiger partial charge >= 0.3 is 0 Å². The van der Waals surface area contributed by atoms with Crippen molar-refractivity contribution in [2.75, 3.05) is 6.26 Å². The standard InChI is InChI=1S/C14H11ClN4O2S/c1-22(20,21)12-5-4-11(8-17-12)19-9-18-14(15)13(19)10-3-2-6-16-7-10/h2-9H,1H3. The maximum Gasteiger partial charge on any atom is 0.192 e. The summed E-state index contributed by atoms with van der Waals surface area (Å²) in [6.07, 6.45) is 7.48. The van der Waals surface area contributed by atoms with Crippen LogP contribution in [-0.4, -0.2) is 34.2 Å². The lowest BCUT2D eigenvalue weighted by Gasteiger charge is -2.08. The minimum atomic E-state index is -3.33. The molecule has 3 heterocycles. The molecule has 8 heteroatoms. The molecule has 0 aliphatic rings. The van der Waals surface area contributed by atoms with Crippen LogP contribution in [0, 0.1) is 0 Å². The molecule has 0 aliphatic carbocycles. The molecule has 0 bridgehead atoms. The molecule has 22 heavy (non-hydrogen) atoms. The average molecular weight is 335 g/mol. The maximum absolute atomic E-state index is 11.5. The minimum absolute atomic E-state index is 0.0189. The van der Waals surface area contributed by atoms with Gasteiger partial charge in [0.05, 0.1) is 17.6 Å². The summed E-state index contributed by atoms with van der Waals surface area (Å²) >= 11 is 6.16. The molecule has 0 radical (unpaired) electrons. The van der Waals surface area contributed by atoms with E-state index in [1.54, 1.807) is 35.4 Å². The first-order valence-electron chi connectivity index (χ1n) is 6.26. The molecule has 0 amide bonds. The molecule has 6 nitrogen and oxygen atoms in total. The second-order valence-corrected chi connectivity index (χ2v) is 6.94. The van der Waals surface area contributed by atoms with Crippen molar-refractivity contribution in [3.05, 3.63) is 54.3 Å². The first kappa shape index (κ1) is 14.7. The molecule has 0 atom stereocenters. The van der Waals surface area contributed by atoms with Crippen LogP contribution in [0.5, 0.6) is 0 Å². The molecular formula is C14H11ClN4O2S. The van der Waals surface area contributed by atoms with Crippen LogP contribution in [-0.2, 0) is 9.84 Å². The monoisotopic (exact) mass is 334 g/mol. The number of rotatable bonds is 3. The molecule has 0 N–H and O–H groups in total. The van der Waals surface area contributed by atoms with Crippen molar-refractivity contribution in [1.82, 2.24) is 19.5 Å². The number of hydrogen-bond acceptors (Lipinski definition) is 5. The van der Waals surface area contributed by atoms with Gasteiger partial charge in [-0.05, 0) is 24.3 Å². The Morgan fingerprint density at radius 2 is 1.95 bits per heavy atom. The molecule has 3 aromatic rings. The number of pyridine rings is 2. The lowest BCUT2D eigenvalue weighted by Crippen LogP contribution is -2.02. The number of sulfone groups is 1. The molecule has 0 aliphatic heterocycles. The van der Waals surface area contributed by atoms with Crippen LogP contribution >= 0.6 is 11.6 Å². The average Bonchev–Trinajstić information content (AvgIpc) is 2.89. The molecule has 3 rings (SSSR count). The van der Waals surface area contributed by atoms with E-state index in [4.69, 9.17) is 11.6 Å². The Bertz CT molecular complexity index is 906. The third kappa shape index (κ3) is 2.72. The fourth-order valence-corrected chi connectivity index (χ4v) is 2.82. The fraction of sp³-hybridized carbons (Fsp3) is 0.0714. The smallest absolute Gasteiger partial charge is 0.192 e. The highest BCUT2D eigenvalue weighted by molar-refractivity contribution is 7.90. The predicted molar refractivity (Wildman–Crippen MR) is 82.7 cm³/mol. The second kappa shape index (κ2) is 5.51. The SMILES string of the molecule is CS(=O)(=O)c1ccc(-n2cnc(Cl)c2-c2cccnc2)cn1. The summed E-state index contributed by atoms with van der Waals surface area (Å²) < 4.78 is 24.7. The van der Waals surface area contributed by atoms with Crippen molar-refractivity contribution in [3.8, 4) is 16.9 Å². The summed E-state index contributed by atoms with van der Waals surface area (Å²) in [5.74, 6) is 0. The highest BCUT2D eigenvalue weighted by atomic mass is 35.5. The summed E-state index contributed by atoms with van der Waals surface area (Å²) in [6.45, 7) is 0. The summed E-state index contributed by atoms with van der Waals surface area (Å²) in [5.41, 5.74) is 2.13. The summed E-state index contributed by atoms with van der Waals surface area (Å²) in [5, 5.41) is 0.352. The third-order valence-electron chi connectivity index (χ3n) is 3.04. The van der Waals surface area contributed by atoms with Gasteiger partial charge in [0.25, 0.3) is 0 Å². The lowest BCUT2D eigenvalue weighted by atomic mass is 10.2. The van der Waals surface area contributed by atoms with Crippen molar-refractivity contribution in [3.63, 3.8) is 0 Å². The summed E-state index contributed by atoms with van der Waals surface area (Å²) in [6, 6.07) is 6.77. The van der Waals surface area contributed by atoms with Gasteiger partial charge in [-0.2, -0.15) is 0 Å². The highest BCUT2D eigenvalue weighted by Gasteiger charge is 2.14. The Morgan fingerprint density at radius 3 is 2.55 bits per heavy atom. The van der Waals surface area contributed by atoms with Crippen LogP contribution in [0.25, 0.3) is 16.9 Å². The highest BCUT2D eigenvalue weighted by Crippen LogP contribution is 2.28. The molecule has 112 valence electrons. The topological polar surface area (TPSA) is 77.7 Å². The number of imidazole rings is 1.